The summed E-state index contributed by atoms with van der Waals surface area (Å²) in [5, 5.41) is 0. The largest absolute Gasteiger partial charge is 0.124 e. The van der Waals surface area contributed by atoms with Gasteiger partial charge in [-0.25, -0.2) is 0 Å². The third kappa shape index (κ3) is 2.55. The minimum atomic E-state index is 0.718. The molecule has 146 valence electrons. The molecule has 0 bridgehead atoms. The SMILES string of the molecule is C#C.CC1CCCC23CCC4C(CCC5C[C@H](C)CCC54C)C2CCC13. The van der Waals surface area contributed by atoms with E-state index in [2.05, 4.69) is 33.6 Å². The van der Waals surface area contributed by atoms with Crippen molar-refractivity contribution in [1.82, 2.24) is 0 Å². The van der Waals surface area contributed by atoms with E-state index in [9.17, 15) is 0 Å². The van der Waals surface area contributed by atoms with Crippen LogP contribution in [0.3, 0.4) is 0 Å². The van der Waals surface area contributed by atoms with Crippen LogP contribution in [0.1, 0.15) is 97.8 Å². The van der Waals surface area contributed by atoms with Gasteiger partial charge in [-0.2, -0.15) is 0 Å². The maximum Gasteiger partial charge on any atom is -0.0235 e. The van der Waals surface area contributed by atoms with Crippen LogP contribution in [0.2, 0.25) is 0 Å². The van der Waals surface area contributed by atoms with Crippen LogP contribution in [0.15, 0.2) is 0 Å². The molecule has 0 amide bonds. The van der Waals surface area contributed by atoms with Crippen molar-refractivity contribution >= 4 is 0 Å². The molecule has 0 aromatic heterocycles. The fourth-order valence-electron chi connectivity index (χ4n) is 9.63. The van der Waals surface area contributed by atoms with E-state index in [0.29, 0.717) is 0 Å². The van der Waals surface area contributed by atoms with Crippen molar-refractivity contribution in [3.63, 3.8) is 0 Å². The van der Waals surface area contributed by atoms with Gasteiger partial charge in [-0.3, -0.25) is 0 Å². The first-order valence-electron chi connectivity index (χ1n) is 11.9. The Morgan fingerprint density at radius 2 is 1.50 bits per heavy atom. The van der Waals surface area contributed by atoms with E-state index in [1.807, 2.05) is 0 Å². The molecule has 5 aliphatic rings. The van der Waals surface area contributed by atoms with Gasteiger partial charge in [0.2, 0.25) is 0 Å². The Kier molecular flexibility index (Phi) is 4.99. The highest BCUT2D eigenvalue weighted by Crippen LogP contribution is 2.70. The summed E-state index contributed by atoms with van der Waals surface area (Å²) in [5.41, 5.74) is 1.53. The fourth-order valence-corrected chi connectivity index (χ4v) is 9.63. The molecule has 0 aromatic carbocycles. The minimum Gasteiger partial charge on any atom is -0.124 e. The van der Waals surface area contributed by atoms with Crippen molar-refractivity contribution in [2.24, 2.45) is 52.3 Å². The van der Waals surface area contributed by atoms with E-state index >= 15 is 0 Å². The minimum absolute atomic E-state index is 0.718. The molecule has 1 spiro atoms. The molecule has 26 heavy (non-hydrogen) atoms. The monoisotopic (exact) mass is 354 g/mol. The van der Waals surface area contributed by atoms with Gasteiger partial charge < -0.3 is 0 Å². The lowest BCUT2D eigenvalue weighted by Gasteiger charge is -2.62. The molecule has 5 rings (SSSR count). The Labute approximate surface area is 163 Å². The van der Waals surface area contributed by atoms with Gasteiger partial charge in [-0.1, -0.05) is 40.0 Å². The standard InChI is InChI=1S/C24H40.C2H2/c1-16-10-13-23(3)18(15-16)6-7-19-21(23)11-14-24-12-4-5-17(2)20(24)8-9-22(19)24;1-2/h16-22H,4-15H2,1-3H3;1-2H/t16-,17?,18?,19?,20?,21?,22?,23?,24?;/m1./s1. The second-order valence-electron chi connectivity index (χ2n) is 11.4. The molecular weight excluding hydrogens is 312 g/mol. The van der Waals surface area contributed by atoms with Crippen LogP contribution in [0, 0.1) is 65.1 Å². The van der Waals surface area contributed by atoms with Gasteiger partial charge in [-0.05, 0) is 110 Å². The third-order valence-electron chi connectivity index (χ3n) is 10.7. The fraction of sp³-hybridized carbons (Fsp3) is 0.923. The topological polar surface area (TPSA) is 0 Å². The zero-order valence-corrected chi connectivity index (χ0v) is 17.7. The Hall–Kier alpha value is -0.440. The van der Waals surface area contributed by atoms with Gasteiger partial charge in [0.05, 0.1) is 0 Å². The van der Waals surface area contributed by atoms with Crippen LogP contribution in [0.5, 0.6) is 0 Å². The van der Waals surface area contributed by atoms with Gasteiger partial charge in [0, 0.05) is 0 Å². The molecule has 0 heteroatoms. The molecule has 5 fully saturated rings. The van der Waals surface area contributed by atoms with E-state index in [1.165, 1.54) is 12.8 Å². The molecule has 0 radical (unpaired) electrons. The molecule has 0 saturated heterocycles. The summed E-state index contributed by atoms with van der Waals surface area (Å²) in [6.45, 7) is 7.86. The molecule has 0 heterocycles. The maximum atomic E-state index is 4.00. The van der Waals surface area contributed by atoms with Gasteiger partial charge in [0.15, 0.2) is 0 Å². The molecule has 5 saturated carbocycles. The zero-order valence-electron chi connectivity index (χ0n) is 17.7. The average molecular weight is 355 g/mol. The first kappa shape index (κ1) is 18.9. The molecule has 9 atom stereocenters. The van der Waals surface area contributed by atoms with Crippen LogP contribution in [-0.2, 0) is 0 Å². The lowest BCUT2D eigenvalue weighted by atomic mass is 9.42. The van der Waals surface area contributed by atoms with Gasteiger partial charge >= 0.3 is 0 Å². The Morgan fingerprint density at radius 1 is 0.731 bits per heavy atom. The second-order valence-corrected chi connectivity index (χ2v) is 11.4. The predicted octanol–water partition coefficient (Wildman–Crippen LogP) is 7.33. The lowest BCUT2D eigenvalue weighted by molar-refractivity contribution is -0.133. The molecular formula is C26H42. The molecule has 0 nitrogen and oxygen atoms in total. The summed E-state index contributed by atoms with van der Waals surface area (Å²) in [5.74, 6) is 7.54. The van der Waals surface area contributed by atoms with Crippen LogP contribution in [-0.4, -0.2) is 0 Å². The first-order chi connectivity index (χ1) is 12.5. The average Bonchev–Trinajstić information content (AvgIpc) is 3.05. The highest BCUT2D eigenvalue weighted by molar-refractivity contribution is 5.11. The predicted molar refractivity (Wildman–Crippen MR) is 112 cm³/mol. The van der Waals surface area contributed by atoms with Crippen LogP contribution >= 0.6 is 0 Å². The summed E-state index contributed by atoms with van der Waals surface area (Å²) < 4.78 is 0. The summed E-state index contributed by atoms with van der Waals surface area (Å²) in [6, 6.07) is 0. The third-order valence-corrected chi connectivity index (χ3v) is 10.7. The highest BCUT2D eigenvalue weighted by atomic mass is 14.7. The number of fused-ring (bicyclic) bond motifs is 4. The number of rotatable bonds is 0. The quantitative estimate of drug-likeness (QED) is 0.399. The Bertz CT molecular complexity index is 531. The lowest BCUT2D eigenvalue weighted by Crippen LogP contribution is -2.54. The van der Waals surface area contributed by atoms with E-state index < -0.39 is 0 Å². The molecule has 0 aromatic rings. The zero-order chi connectivity index (χ0) is 18.5. The van der Waals surface area contributed by atoms with E-state index in [0.717, 1.165) is 52.3 Å². The van der Waals surface area contributed by atoms with Crippen molar-refractivity contribution in [3.05, 3.63) is 0 Å². The van der Waals surface area contributed by atoms with Gasteiger partial charge in [-0.15, -0.1) is 12.8 Å². The van der Waals surface area contributed by atoms with Gasteiger partial charge in [0.25, 0.3) is 0 Å². The summed E-state index contributed by atoms with van der Waals surface area (Å²) in [7, 11) is 0. The van der Waals surface area contributed by atoms with Crippen molar-refractivity contribution < 1.29 is 0 Å². The van der Waals surface area contributed by atoms with Gasteiger partial charge in [0.1, 0.15) is 0 Å². The summed E-state index contributed by atoms with van der Waals surface area (Å²) >= 11 is 0. The van der Waals surface area contributed by atoms with Crippen LogP contribution in [0.4, 0.5) is 0 Å². The van der Waals surface area contributed by atoms with Crippen molar-refractivity contribution in [2.45, 2.75) is 97.8 Å². The molecule has 0 N–H and O–H groups in total. The normalized spacial score (nSPS) is 55.3. The highest BCUT2D eigenvalue weighted by Gasteiger charge is 2.62. The van der Waals surface area contributed by atoms with E-state index in [1.54, 1.807) is 64.2 Å². The first-order valence-corrected chi connectivity index (χ1v) is 11.9. The van der Waals surface area contributed by atoms with Crippen molar-refractivity contribution in [2.75, 3.05) is 0 Å². The number of hydrogen-bond donors (Lipinski definition) is 0. The summed E-state index contributed by atoms with van der Waals surface area (Å²) in [4.78, 5) is 0. The molecule has 8 unspecified atom stereocenters. The summed E-state index contributed by atoms with van der Waals surface area (Å²) in [6.07, 6.45) is 26.9. The van der Waals surface area contributed by atoms with Crippen LogP contribution in [0.25, 0.3) is 0 Å². The smallest absolute Gasteiger partial charge is 0.0235 e. The van der Waals surface area contributed by atoms with E-state index in [4.69, 9.17) is 0 Å². The maximum absolute atomic E-state index is 4.00. The second kappa shape index (κ2) is 6.87. The number of terminal acetylenes is 1. The molecule has 5 aliphatic carbocycles. The number of hydrogen-bond acceptors (Lipinski definition) is 0. The Morgan fingerprint density at radius 3 is 2.31 bits per heavy atom. The van der Waals surface area contributed by atoms with Crippen molar-refractivity contribution in [3.8, 4) is 12.8 Å². The Balaban J connectivity index is 0.000000814. The van der Waals surface area contributed by atoms with Crippen LogP contribution < -0.4 is 0 Å². The van der Waals surface area contributed by atoms with E-state index in [-0.39, 0.29) is 0 Å². The molecule has 0 aliphatic heterocycles. The van der Waals surface area contributed by atoms with Crippen molar-refractivity contribution in [1.29, 1.82) is 0 Å².